The third-order valence-electron chi connectivity index (χ3n) is 3.31. The van der Waals surface area contributed by atoms with Gasteiger partial charge in [0, 0.05) is 26.2 Å². The Morgan fingerprint density at radius 3 is 2.95 bits per heavy atom. The molecule has 1 heterocycles. The number of rotatable bonds is 4. The summed E-state index contributed by atoms with van der Waals surface area (Å²) in [5.41, 5.74) is 8.11. The molecule has 0 aliphatic heterocycles. The van der Waals surface area contributed by atoms with E-state index in [0.717, 1.165) is 11.0 Å². The molecule has 1 atom stereocenters. The van der Waals surface area contributed by atoms with Gasteiger partial charge in [0.25, 0.3) is 5.91 Å². The predicted molar refractivity (Wildman–Crippen MR) is 75.9 cm³/mol. The molecule has 1 aromatic carbocycles. The monoisotopic (exact) mass is 260 g/mol. The molecule has 1 amide bonds. The molecular formula is C14H20N4O. The number of hydrogen-bond donors (Lipinski definition) is 1. The second kappa shape index (κ2) is 5.40. The number of hydrogen-bond acceptors (Lipinski definition) is 3. The average molecular weight is 260 g/mol. The van der Waals surface area contributed by atoms with Crippen molar-refractivity contribution in [3.63, 3.8) is 0 Å². The number of nitrogens with zero attached hydrogens (tertiary/aromatic N) is 3. The third kappa shape index (κ3) is 2.76. The Kier molecular flexibility index (Phi) is 3.85. The second-order valence-corrected chi connectivity index (χ2v) is 5.09. The summed E-state index contributed by atoms with van der Waals surface area (Å²) >= 11 is 0. The fourth-order valence-electron chi connectivity index (χ4n) is 2.11. The molecule has 19 heavy (non-hydrogen) atoms. The van der Waals surface area contributed by atoms with E-state index in [0.29, 0.717) is 24.6 Å². The summed E-state index contributed by atoms with van der Waals surface area (Å²) in [4.78, 5) is 18.3. The Morgan fingerprint density at radius 1 is 1.53 bits per heavy atom. The van der Waals surface area contributed by atoms with Gasteiger partial charge in [0.2, 0.25) is 0 Å². The fraction of sp³-hybridized carbons (Fsp3) is 0.429. The van der Waals surface area contributed by atoms with E-state index >= 15 is 0 Å². The summed E-state index contributed by atoms with van der Waals surface area (Å²) in [5, 5.41) is 0. The minimum absolute atomic E-state index is 0.00727. The predicted octanol–water partition coefficient (Wildman–Crippen LogP) is 1.24. The smallest absolute Gasteiger partial charge is 0.253 e. The fourth-order valence-corrected chi connectivity index (χ4v) is 2.11. The van der Waals surface area contributed by atoms with Crippen molar-refractivity contribution >= 4 is 16.9 Å². The van der Waals surface area contributed by atoms with E-state index in [1.165, 1.54) is 0 Å². The largest absolute Gasteiger partial charge is 0.341 e. The van der Waals surface area contributed by atoms with E-state index < -0.39 is 0 Å². The molecule has 0 aliphatic rings. The highest BCUT2D eigenvalue weighted by molar-refractivity contribution is 5.97. The van der Waals surface area contributed by atoms with Crippen molar-refractivity contribution in [3.05, 3.63) is 30.1 Å². The molecular weight excluding hydrogens is 240 g/mol. The molecule has 5 heteroatoms. The minimum atomic E-state index is 0.00727. The van der Waals surface area contributed by atoms with Crippen LogP contribution in [0, 0.1) is 5.92 Å². The maximum Gasteiger partial charge on any atom is 0.253 e. The molecule has 0 saturated carbocycles. The van der Waals surface area contributed by atoms with Crippen molar-refractivity contribution in [2.45, 2.75) is 6.92 Å². The molecule has 0 fully saturated rings. The van der Waals surface area contributed by atoms with E-state index in [1.54, 1.807) is 18.3 Å². The number of nitrogens with two attached hydrogens (primary N) is 1. The van der Waals surface area contributed by atoms with E-state index in [4.69, 9.17) is 5.73 Å². The van der Waals surface area contributed by atoms with Crippen LogP contribution >= 0.6 is 0 Å². The topological polar surface area (TPSA) is 64.2 Å². The Bertz CT molecular complexity index is 590. The zero-order valence-corrected chi connectivity index (χ0v) is 11.6. The molecule has 5 nitrogen and oxygen atoms in total. The lowest BCUT2D eigenvalue weighted by molar-refractivity contribution is 0.0777. The van der Waals surface area contributed by atoms with Gasteiger partial charge in [-0.1, -0.05) is 6.92 Å². The molecule has 0 spiro atoms. The van der Waals surface area contributed by atoms with Crippen LogP contribution in [-0.2, 0) is 7.05 Å². The number of aryl methyl sites for hydroxylation is 1. The van der Waals surface area contributed by atoms with Gasteiger partial charge in [-0.25, -0.2) is 4.98 Å². The molecule has 1 unspecified atom stereocenters. The van der Waals surface area contributed by atoms with Crippen molar-refractivity contribution in [2.75, 3.05) is 20.1 Å². The first-order valence-corrected chi connectivity index (χ1v) is 6.39. The van der Waals surface area contributed by atoms with E-state index in [-0.39, 0.29) is 5.91 Å². The van der Waals surface area contributed by atoms with Gasteiger partial charge in [-0.2, -0.15) is 0 Å². The number of benzene rings is 1. The molecule has 0 bridgehead atoms. The van der Waals surface area contributed by atoms with Crippen LogP contribution in [0.15, 0.2) is 24.5 Å². The summed E-state index contributed by atoms with van der Waals surface area (Å²) < 4.78 is 1.93. The summed E-state index contributed by atoms with van der Waals surface area (Å²) in [6, 6.07) is 5.60. The van der Waals surface area contributed by atoms with Crippen molar-refractivity contribution < 1.29 is 4.79 Å². The number of fused-ring (bicyclic) bond motifs is 1. The Hall–Kier alpha value is -1.88. The highest BCUT2D eigenvalue weighted by Gasteiger charge is 2.14. The van der Waals surface area contributed by atoms with Crippen LogP contribution in [0.1, 0.15) is 17.3 Å². The molecule has 0 aliphatic carbocycles. The van der Waals surface area contributed by atoms with Gasteiger partial charge in [-0.15, -0.1) is 0 Å². The summed E-state index contributed by atoms with van der Waals surface area (Å²) in [5.74, 6) is 0.306. The normalized spacial score (nSPS) is 12.6. The van der Waals surface area contributed by atoms with Crippen molar-refractivity contribution in [3.8, 4) is 0 Å². The van der Waals surface area contributed by atoms with Gasteiger partial charge in [0.15, 0.2) is 0 Å². The maximum absolute atomic E-state index is 12.3. The van der Waals surface area contributed by atoms with E-state index in [1.807, 2.05) is 36.7 Å². The number of carbonyl (C=O) groups excluding carboxylic acids is 1. The van der Waals surface area contributed by atoms with Crippen LogP contribution in [0.3, 0.4) is 0 Å². The van der Waals surface area contributed by atoms with Crippen LogP contribution in [0.5, 0.6) is 0 Å². The first-order chi connectivity index (χ1) is 9.02. The van der Waals surface area contributed by atoms with Crippen molar-refractivity contribution in [1.82, 2.24) is 14.5 Å². The minimum Gasteiger partial charge on any atom is -0.341 e. The van der Waals surface area contributed by atoms with Gasteiger partial charge in [-0.3, -0.25) is 4.79 Å². The molecule has 2 N–H and O–H groups in total. The van der Waals surface area contributed by atoms with E-state index in [9.17, 15) is 4.79 Å². The van der Waals surface area contributed by atoms with Gasteiger partial charge in [-0.05, 0) is 30.7 Å². The van der Waals surface area contributed by atoms with Gasteiger partial charge in [0.1, 0.15) is 0 Å². The van der Waals surface area contributed by atoms with Crippen LogP contribution in [0.2, 0.25) is 0 Å². The number of amides is 1. The quantitative estimate of drug-likeness (QED) is 0.899. The average Bonchev–Trinajstić information content (AvgIpc) is 2.78. The van der Waals surface area contributed by atoms with Crippen molar-refractivity contribution in [2.24, 2.45) is 18.7 Å². The lowest BCUT2D eigenvalue weighted by atomic mass is 10.1. The molecule has 102 valence electrons. The number of aromatic nitrogens is 2. The lowest BCUT2D eigenvalue weighted by Gasteiger charge is -2.20. The second-order valence-electron chi connectivity index (χ2n) is 5.09. The lowest BCUT2D eigenvalue weighted by Crippen LogP contribution is -2.33. The van der Waals surface area contributed by atoms with Gasteiger partial charge >= 0.3 is 0 Å². The number of carbonyl (C=O) groups is 1. The highest BCUT2D eigenvalue weighted by Crippen LogP contribution is 2.15. The zero-order valence-electron chi connectivity index (χ0n) is 11.6. The SMILES string of the molecule is CC(CN)CN(C)C(=O)c1ccc2c(c1)ncn2C. The first-order valence-electron chi connectivity index (χ1n) is 6.39. The molecule has 0 radical (unpaired) electrons. The summed E-state index contributed by atoms with van der Waals surface area (Å²) in [7, 11) is 3.74. The Balaban J connectivity index is 2.21. The van der Waals surface area contributed by atoms with E-state index in [2.05, 4.69) is 4.98 Å². The third-order valence-corrected chi connectivity index (χ3v) is 3.31. The van der Waals surface area contributed by atoms with Crippen LogP contribution < -0.4 is 5.73 Å². The molecule has 2 aromatic rings. The van der Waals surface area contributed by atoms with Crippen molar-refractivity contribution in [1.29, 1.82) is 0 Å². The first kappa shape index (κ1) is 13.5. The van der Waals surface area contributed by atoms with Crippen LogP contribution in [-0.4, -0.2) is 40.5 Å². The number of imidazole rings is 1. The molecule has 2 rings (SSSR count). The Labute approximate surface area is 113 Å². The summed E-state index contributed by atoms with van der Waals surface area (Å²) in [6.45, 7) is 3.28. The maximum atomic E-state index is 12.3. The standard InChI is InChI=1S/C14H20N4O/c1-10(7-15)8-17(2)14(19)11-4-5-13-12(6-11)16-9-18(13)3/h4-6,9-10H,7-8,15H2,1-3H3. The highest BCUT2D eigenvalue weighted by atomic mass is 16.2. The zero-order chi connectivity index (χ0) is 14.0. The van der Waals surface area contributed by atoms with Crippen LogP contribution in [0.25, 0.3) is 11.0 Å². The van der Waals surface area contributed by atoms with Gasteiger partial charge < -0.3 is 15.2 Å². The molecule has 0 saturated heterocycles. The Morgan fingerprint density at radius 2 is 2.26 bits per heavy atom. The van der Waals surface area contributed by atoms with Crippen LogP contribution in [0.4, 0.5) is 0 Å². The molecule has 1 aromatic heterocycles. The summed E-state index contributed by atoms with van der Waals surface area (Å²) in [6.07, 6.45) is 1.75. The van der Waals surface area contributed by atoms with Gasteiger partial charge in [0.05, 0.1) is 17.4 Å².